The predicted octanol–water partition coefficient (Wildman–Crippen LogP) is 2.99. The Morgan fingerprint density at radius 1 is 1.18 bits per heavy atom. The average Bonchev–Trinajstić information content (AvgIpc) is 2.54. The van der Waals surface area contributed by atoms with E-state index in [1.54, 1.807) is 19.2 Å². The lowest BCUT2D eigenvalue weighted by atomic mass is 9.84. The van der Waals surface area contributed by atoms with E-state index in [-0.39, 0.29) is 12.3 Å². The first-order valence-electron chi connectivity index (χ1n) is 7.73. The number of rotatable bonds is 6. The average molecular weight is 305 g/mol. The highest BCUT2D eigenvalue weighted by molar-refractivity contribution is 5.97. The molecule has 1 aromatic carbocycles. The minimum absolute atomic E-state index is 0.0898. The molecule has 1 aliphatic carbocycles. The summed E-state index contributed by atoms with van der Waals surface area (Å²) >= 11 is 0. The van der Waals surface area contributed by atoms with E-state index in [4.69, 9.17) is 9.84 Å². The second-order valence-corrected chi connectivity index (χ2v) is 5.80. The van der Waals surface area contributed by atoms with Crippen molar-refractivity contribution >= 4 is 17.6 Å². The molecule has 0 aromatic heterocycles. The number of ether oxygens (including phenoxy) is 1. The number of carboxylic acids is 1. The maximum absolute atomic E-state index is 12.5. The molecule has 1 saturated carbocycles. The molecule has 2 N–H and O–H groups in total. The molecule has 0 radical (unpaired) electrons. The molecular weight excluding hydrogens is 282 g/mol. The van der Waals surface area contributed by atoms with E-state index in [1.165, 1.54) is 0 Å². The molecule has 0 atom stereocenters. The number of benzene rings is 1. The largest absolute Gasteiger partial charge is 0.481 e. The zero-order valence-corrected chi connectivity index (χ0v) is 12.9. The minimum Gasteiger partial charge on any atom is -0.481 e. The zero-order valence-electron chi connectivity index (χ0n) is 12.9. The third-order valence-electron chi connectivity index (χ3n) is 4.31. The number of carbonyl (C=O) groups excluding carboxylic acids is 1. The Morgan fingerprint density at radius 2 is 1.82 bits per heavy atom. The summed E-state index contributed by atoms with van der Waals surface area (Å²) in [4.78, 5) is 23.1. The maximum Gasteiger partial charge on any atom is 0.303 e. The van der Waals surface area contributed by atoms with Gasteiger partial charge < -0.3 is 15.2 Å². The van der Waals surface area contributed by atoms with Gasteiger partial charge in [0.15, 0.2) is 0 Å². The Balaban J connectivity index is 1.97. The summed E-state index contributed by atoms with van der Waals surface area (Å²) in [6, 6.07) is 7.31. The monoisotopic (exact) mass is 305 g/mol. The molecule has 0 spiro atoms. The van der Waals surface area contributed by atoms with Crippen molar-refractivity contribution in [2.45, 2.75) is 50.5 Å². The SMILES string of the molecule is COC1(C(=O)Nc2ccc(CCC(=O)O)cc2)CCCCC1. The van der Waals surface area contributed by atoms with Gasteiger partial charge in [0.25, 0.3) is 5.91 Å². The second kappa shape index (κ2) is 7.40. The van der Waals surface area contributed by atoms with Gasteiger partial charge in [0.05, 0.1) is 0 Å². The molecule has 0 aliphatic heterocycles. The summed E-state index contributed by atoms with van der Waals surface area (Å²) in [6.07, 6.45) is 5.28. The molecule has 0 saturated heterocycles. The molecule has 1 fully saturated rings. The number of carbonyl (C=O) groups is 2. The molecular formula is C17H23NO4. The topological polar surface area (TPSA) is 75.6 Å². The number of anilines is 1. The summed E-state index contributed by atoms with van der Waals surface area (Å²) in [6.45, 7) is 0. The van der Waals surface area contributed by atoms with Crippen LogP contribution < -0.4 is 5.32 Å². The van der Waals surface area contributed by atoms with Gasteiger partial charge in [-0.25, -0.2) is 0 Å². The van der Waals surface area contributed by atoms with Crippen LogP contribution in [0.3, 0.4) is 0 Å². The van der Waals surface area contributed by atoms with Crippen LogP contribution in [0.1, 0.15) is 44.1 Å². The summed E-state index contributed by atoms with van der Waals surface area (Å²) in [5.41, 5.74) is 0.950. The van der Waals surface area contributed by atoms with Crippen molar-refractivity contribution in [2.75, 3.05) is 12.4 Å². The van der Waals surface area contributed by atoms with Gasteiger partial charge in [0.1, 0.15) is 5.60 Å². The molecule has 1 amide bonds. The lowest BCUT2D eigenvalue weighted by molar-refractivity contribution is -0.141. The molecule has 0 heterocycles. The Labute approximate surface area is 130 Å². The molecule has 1 aromatic rings. The second-order valence-electron chi connectivity index (χ2n) is 5.80. The number of hydrogen-bond acceptors (Lipinski definition) is 3. The summed E-state index contributed by atoms with van der Waals surface area (Å²) in [5.74, 6) is -0.898. The minimum atomic E-state index is -0.809. The van der Waals surface area contributed by atoms with Gasteiger partial charge in [-0.2, -0.15) is 0 Å². The molecule has 0 unspecified atom stereocenters. The van der Waals surface area contributed by atoms with Crippen LogP contribution in [0.2, 0.25) is 0 Å². The molecule has 120 valence electrons. The van der Waals surface area contributed by atoms with E-state index in [0.717, 1.165) is 37.7 Å². The Hall–Kier alpha value is -1.88. The van der Waals surface area contributed by atoms with Gasteiger partial charge in [0.2, 0.25) is 0 Å². The smallest absolute Gasteiger partial charge is 0.303 e. The molecule has 5 nitrogen and oxygen atoms in total. The molecule has 0 bridgehead atoms. The quantitative estimate of drug-likeness (QED) is 0.847. The van der Waals surface area contributed by atoms with Crippen LogP contribution in [0, 0.1) is 0 Å². The highest BCUT2D eigenvalue weighted by atomic mass is 16.5. The standard InChI is InChI=1S/C17H23NO4/c1-22-17(11-3-2-4-12-17)16(21)18-14-8-5-13(6-9-14)7-10-15(19)20/h5-6,8-9H,2-4,7,10-12H2,1H3,(H,18,21)(H,19,20). The van der Waals surface area contributed by atoms with Gasteiger partial charge in [-0.15, -0.1) is 0 Å². The van der Waals surface area contributed by atoms with E-state index < -0.39 is 11.6 Å². The van der Waals surface area contributed by atoms with Crippen molar-refractivity contribution in [1.82, 2.24) is 0 Å². The normalized spacial score (nSPS) is 17.0. The van der Waals surface area contributed by atoms with Gasteiger partial charge >= 0.3 is 5.97 Å². The third kappa shape index (κ3) is 4.07. The van der Waals surface area contributed by atoms with Gasteiger partial charge in [0, 0.05) is 19.2 Å². The van der Waals surface area contributed by atoms with Gasteiger partial charge in [-0.05, 0) is 37.0 Å². The van der Waals surface area contributed by atoms with Crippen LogP contribution >= 0.6 is 0 Å². The van der Waals surface area contributed by atoms with E-state index in [2.05, 4.69) is 5.32 Å². The van der Waals surface area contributed by atoms with E-state index in [9.17, 15) is 9.59 Å². The highest BCUT2D eigenvalue weighted by Crippen LogP contribution is 2.32. The van der Waals surface area contributed by atoms with Crippen LogP contribution in [-0.2, 0) is 20.7 Å². The number of amides is 1. The van der Waals surface area contributed by atoms with Crippen LogP contribution in [0.15, 0.2) is 24.3 Å². The van der Waals surface area contributed by atoms with Crippen molar-refractivity contribution in [3.05, 3.63) is 29.8 Å². The molecule has 5 heteroatoms. The third-order valence-corrected chi connectivity index (χ3v) is 4.31. The number of aryl methyl sites for hydroxylation is 1. The fourth-order valence-electron chi connectivity index (χ4n) is 2.90. The van der Waals surface area contributed by atoms with Crippen LogP contribution in [0.5, 0.6) is 0 Å². The van der Waals surface area contributed by atoms with E-state index >= 15 is 0 Å². The predicted molar refractivity (Wildman–Crippen MR) is 83.9 cm³/mol. The van der Waals surface area contributed by atoms with Crippen LogP contribution in [0.4, 0.5) is 5.69 Å². The van der Waals surface area contributed by atoms with Gasteiger partial charge in [-0.1, -0.05) is 31.4 Å². The van der Waals surface area contributed by atoms with E-state index in [1.807, 2.05) is 12.1 Å². The number of methoxy groups -OCH3 is 1. The number of nitrogens with one attached hydrogen (secondary N) is 1. The van der Waals surface area contributed by atoms with Crippen molar-refractivity contribution in [2.24, 2.45) is 0 Å². The molecule has 22 heavy (non-hydrogen) atoms. The molecule has 2 rings (SSSR count). The lowest BCUT2D eigenvalue weighted by Crippen LogP contribution is -2.46. The van der Waals surface area contributed by atoms with E-state index in [0.29, 0.717) is 12.1 Å². The molecule has 1 aliphatic rings. The lowest BCUT2D eigenvalue weighted by Gasteiger charge is -2.34. The maximum atomic E-state index is 12.5. The van der Waals surface area contributed by atoms with Crippen LogP contribution in [-0.4, -0.2) is 29.7 Å². The Kier molecular flexibility index (Phi) is 5.55. The first kappa shape index (κ1) is 16.5. The first-order valence-corrected chi connectivity index (χ1v) is 7.73. The van der Waals surface area contributed by atoms with Crippen LogP contribution in [0.25, 0.3) is 0 Å². The summed E-state index contributed by atoms with van der Waals surface area (Å²) < 4.78 is 5.52. The summed E-state index contributed by atoms with van der Waals surface area (Å²) in [5, 5.41) is 11.6. The van der Waals surface area contributed by atoms with Crippen molar-refractivity contribution < 1.29 is 19.4 Å². The number of carboxylic acid groups (broad SMARTS) is 1. The van der Waals surface area contributed by atoms with Crippen molar-refractivity contribution in [1.29, 1.82) is 0 Å². The van der Waals surface area contributed by atoms with Crippen molar-refractivity contribution in [3.63, 3.8) is 0 Å². The fraction of sp³-hybridized carbons (Fsp3) is 0.529. The number of aliphatic carboxylic acids is 1. The number of hydrogen-bond donors (Lipinski definition) is 2. The Bertz CT molecular complexity index is 518. The fourth-order valence-corrected chi connectivity index (χ4v) is 2.90. The first-order chi connectivity index (χ1) is 10.6. The van der Waals surface area contributed by atoms with Gasteiger partial charge in [-0.3, -0.25) is 9.59 Å². The Morgan fingerprint density at radius 3 is 2.36 bits per heavy atom. The summed E-state index contributed by atoms with van der Waals surface area (Å²) in [7, 11) is 1.60. The van der Waals surface area contributed by atoms with Crippen molar-refractivity contribution in [3.8, 4) is 0 Å². The zero-order chi connectivity index (χ0) is 16.0. The highest BCUT2D eigenvalue weighted by Gasteiger charge is 2.39.